The molecule has 2 N–H and O–H groups in total. The Hall–Kier alpha value is -0.500. The van der Waals surface area contributed by atoms with Gasteiger partial charge in [0.25, 0.3) is 0 Å². The molecule has 2 aliphatic rings. The van der Waals surface area contributed by atoms with Crippen molar-refractivity contribution in [2.75, 3.05) is 20.3 Å². The summed E-state index contributed by atoms with van der Waals surface area (Å²) in [4.78, 5) is 0. The van der Waals surface area contributed by atoms with Gasteiger partial charge in [-0.25, -0.2) is 0 Å². The van der Waals surface area contributed by atoms with E-state index >= 15 is 0 Å². The summed E-state index contributed by atoms with van der Waals surface area (Å²) in [5.41, 5.74) is 0. The van der Waals surface area contributed by atoms with Gasteiger partial charge in [0.15, 0.2) is 12.6 Å². The molecule has 2 aliphatic heterocycles. The van der Waals surface area contributed by atoms with Crippen LogP contribution < -0.4 is 5.32 Å². The molecule has 2 heterocycles. The Balaban J connectivity index is 1.76. The second-order valence-corrected chi connectivity index (χ2v) is 6.21. The number of aliphatic hydroxyl groups excluding tert-OH is 1. The van der Waals surface area contributed by atoms with Crippen LogP contribution in [0.25, 0.3) is 0 Å². The van der Waals surface area contributed by atoms with Crippen molar-refractivity contribution in [3.05, 3.63) is 12.7 Å². The highest BCUT2D eigenvalue weighted by Crippen LogP contribution is 2.28. The van der Waals surface area contributed by atoms with Crippen LogP contribution in [0.2, 0.25) is 0 Å². The van der Waals surface area contributed by atoms with E-state index in [1.807, 2.05) is 13.0 Å². The average Bonchev–Trinajstić information content (AvgIpc) is 2.55. The van der Waals surface area contributed by atoms with E-state index in [2.05, 4.69) is 11.9 Å². The van der Waals surface area contributed by atoms with E-state index in [1.165, 1.54) is 12.8 Å². The van der Waals surface area contributed by atoms with Gasteiger partial charge in [0.05, 0.1) is 12.6 Å². The van der Waals surface area contributed by atoms with Crippen molar-refractivity contribution in [1.29, 1.82) is 0 Å². The molecule has 0 amide bonds. The fourth-order valence-corrected chi connectivity index (χ4v) is 3.11. The van der Waals surface area contributed by atoms with Crippen molar-refractivity contribution in [3.8, 4) is 0 Å². The molecule has 6 unspecified atom stereocenters. The van der Waals surface area contributed by atoms with Gasteiger partial charge in [-0.3, -0.25) is 0 Å². The second kappa shape index (κ2) is 9.71. The zero-order chi connectivity index (χ0) is 16.7. The van der Waals surface area contributed by atoms with Crippen molar-refractivity contribution in [3.63, 3.8) is 0 Å². The number of rotatable bonds is 9. The van der Waals surface area contributed by atoms with Crippen LogP contribution in [-0.2, 0) is 18.9 Å². The fourth-order valence-electron chi connectivity index (χ4n) is 3.11. The van der Waals surface area contributed by atoms with Crippen LogP contribution in [0, 0.1) is 0 Å². The van der Waals surface area contributed by atoms with E-state index in [0.29, 0.717) is 13.2 Å². The molecule has 0 aromatic heterocycles. The Morgan fingerprint density at radius 1 is 1.26 bits per heavy atom. The Labute approximate surface area is 139 Å². The molecule has 0 saturated carbocycles. The lowest BCUT2D eigenvalue weighted by Crippen LogP contribution is -2.66. The van der Waals surface area contributed by atoms with E-state index in [-0.39, 0.29) is 24.5 Å². The number of aliphatic hydroxyl groups is 1. The van der Waals surface area contributed by atoms with Crippen LogP contribution in [-0.4, -0.2) is 62.3 Å². The average molecular weight is 329 g/mol. The number of fused-ring (bicyclic) bond motifs is 1. The first kappa shape index (κ1) is 18.8. The third-order valence-corrected chi connectivity index (χ3v) is 4.44. The molecule has 0 bridgehead atoms. The van der Waals surface area contributed by atoms with E-state index in [0.717, 1.165) is 19.3 Å². The first-order chi connectivity index (χ1) is 11.2. The maximum atomic E-state index is 10.5. The molecular weight excluding hydrogens is 298 g/mol. The number of hydrogen-bond donors (Lipinski definition) is 2. The summed E-state index contributed by atoms with van der Waals surface area (Å²) < 4.78 is 22.9. The topological polar surface area (TPSA) is 69.2 Å². The van der Waals surface area contributed by atoms with Crippen LogP contribution in [0.1, 0.15) is 39.0 Å². The lowest BCUT2D eigenvalue weighted by atomic mass is 9.96. The quantitative estimate of drug-likeness (QED) is 0.494. The Morgan fingerprint density at radius 3 is 2.78 bits per heavy atom. The van der Waals surface area contributed by atoms with Gasteiger partial charge in [0.2, 0.25) is 0 Å². The minimum absolute atomic E-state index is 0.289. The van der Waals surface area contributed by atoms with E-state index < -0.39 is 12.4 Å². The minimum atomic E-state index is -0.678. The van der Waals surface area contributed by atoms with E-state index in [9.17, 15) is 5.11 Å². The molecule has 2 saturated heterocycles. The molecular formula is C17H31NO5. The lowest BCUT2D eigenvalue weighted by Gasteiger charge is -2.47. The van der Waals surface area contributed by atoms with Crippen molar-refractivity contribution < 1.29 is 24.1 Å². The van der Waals surface area contributed by atoms with Crippen LogP contribution >= 0.6 is 0 Å². The van der Waals surface area contributed by atoms with Crippen molar-refractivity contribution in [1.82, 2.24) is 5.32 Å². The van der Waals surface area contributed by atoms with E-state index in [1.54, 1.807) is 7.05 Å². The Kier molecular flexibility index (Phi) is 7.95. The van der Waals surface area contributed by atoms with Crippen LogP contribution in [0.4, 0.5) is 0 Å². The molecule has 6 heteroatoms. The molecule has 2 fully saturated rings. The van der Waals surface area contributed by atoms with Gasteiger partial charge >= 0.3 is 0 Å². The molecule has 0 aromatic carbocycles. The maximum absolute atomic E-state index is 10.5. The molecule has 0 spiro atoms. The van der Waals surface area contributed by atoms with Gasteiger partial charge in [0.1, 0.15) is 18.3 Å². The summed E-state index contributed by atoms with van der Waals surface area (Å²) >= 11 is 0. The SMILES string of the molecule is C=CCCCCCCOC1OC2COC(C)OC2C(O)C1NC. The monoisotopic (exact) mass is 329 g/mol. The molecule has 6 nitrogen and oxygen atoms in total. The molecule has 0 aromatic rings. The van der Waals surface area contributed by atoms with Gasteiger partial charge in [0, 0.05) is 6.61 Å². The number of allylic oxidation sites excluding steroid dienone is 1. The summed E-state index contributed by atoms with van der Waals surface area (Å²) in [5.74, 6) is 0. The number of unbranched alkanes of at least 4 members (excludes halogenated alkanes) is 4. The predicted molar refractivity (Wildman–Crippen MR) is 87.0 cm³/mol. The molecule has 6 atom stereocenters. The normalized spacial score (nSPS) is 37.3. The second-order valence-electron chi connectivity index (χ2n) is 6.21. The fraction of sp³-hybridized carbons (Fsp3) is 0.882. The third-order valence-electron chi connectivity index (χ3n) is 4.44. The van der Waals surface area contributed by atoms with E-state index in [4.69, 9.17) is 18.9 Å². The summed E-state index contributed by atoms with van der Waals surface area (Å²) in [6.07, 6.45) is 5.36. The van der Waals surface area contributed by atoms with Crippen molar-refractivity contribution in [2.24, 2.45) is 0 Å². The summed E-state index contributed by atoms with van der Waals surface area (Å²) in [6.45, 7) is 6.59. The van der Waals surface area contributed by atoms with Crippen molar-refractivity contribution >= 4 is 0 Å². The molecule has 0 radical (unpaired) electrons. The van der Waals surface area contributed by atoms with Gasteiger partial charge in [-0.2, -0.15) is 0 Å². The third kappa shape index (κ3) is 5.24. The zero-order valence-electron chi connectivity index (χ0n) is 14.3. The minimum Gasteiger partial charge on any atom is -0.388 e. The van der Waals surface area contributed by atoms with Crippen molar-refractivity contribution in [2.45, 2.75) is 76.0 Å². The summed E-state index contributed by atoms with van der Waals surface area (Å²) in [5, 5.41) is 13.6. The summed E-state index contributed by atoms with van der Waals surface area (Å²) in [6, 6.07) is -0.303. The highest BCUT2D eigenvalue weighted by atomic mass is 16.7. The zero-order valence-corrected chi connectivity index (χ0v) is 14.3. The van der Waals surface area contributed by atoms with Gasteiger partial charge in [-0.15, -0.1) is 6.58 Å². The highest BCUT2D eigenvalue weighted by molar-refractivity contribution is 4.95. The largest absolute Gasteiger partial charge is 0.388 e. The molecule has 0 aliphatic carbocycles. The predicted octanol–water partition coefficient (Wildman–Crippen LogP) is 1.57. The van der Waals surface area contributed by atoms with Crippen LogP contribution in [0.3, 0.4) is 0 Å². The Morgan fingerprint density at radius 2 is 2.04 bits per heavy atom. The van der Waals surface area contributed by atoms with Gasteiger partial charge < -0.3 is 29.4 Å². The number of nitrogens with one attached hydrogen (secondary N) is 1. The smallest absolute Gasteiger partial charge is 0.175 e. The molecule has 134 valence electrons. The van der Waals surface area contributed by atoms with Crippen LogP contribution in [0.15, 0.2) is 12.7 Å². The number of hydrogen-bond acceptors (Lipinski definition) is 6. The Bertz CT molecular complexity index is 354. The van der Waals surface area contributed by atoms with Crippen LogP contribution in [0.5, 0.6) is 0 Å². The molecule has 23 heavy (non-hydrogen) atoms. The first-order valence-electron chi connectivity index (χ1n) is 8.67. The summed E-state index contributed by atoms with van der Waals surface area (Å²) in [7, 11) is 1.80. The van der Waals surface area contributed by atoms with Gasteiger partial charge in [-0.05, 0) is 33.2 Å². The molecule has 2 rings (SSSR count). The van der Waals surface area contributed by atoms with Gasteiger partial charge in [-0.1, -0.05) is 18.9 Å². The highest BCUT2D eigenvalue weighted by Gasteiger charge is 2.48. The standard InChI is InChI=1S/C17H31NO5/c1-4-5-6-7-8-9-10-20-17-14(18-3)15(19)16-13(23-17)11-21-12(2)22-16/h4,12-19H,1,5-11H2,2-3H3. The number of likely N-dealkylation sites (N-methyl/N-ethyl adjacent to an activating group) is 1. The first-order valence-corrected chi connectivity index (χ1v) is 8.67. The lowest BCUT2D eigenvalue weighted by molar-refractivity contribution is -0.338. The maximum Gasteiger partial charge on any atom is 0.175 e. The number of ether oxygens (including phenoxy) is 4.